The topological polar surface area (TPSA) is 84.2 Å². The third kappa shape index (κ3) is 4.88. The third-order valence-corrected chi connectivity index (χ3v) is 4.56. The summed E-state index contributed by atoms with van der Waals surface area (Å²) in [5, 5.41) is 12.3. The second-order valence-electron chi connectivity index (χ2n) is 6.43. The summed E-state index contributed by atoms with van der Waals surface area (Å²) in [5.74, 6) is -0.713. The van der Waals surface area contributed by atoms with E-state index in [-0.39, 0.29) is 31.1 Å². The molecule has 1 amide bonds. The van der Waals surface area contributed by atoms with Crippen LogP contribution in [0.1, 0.15) is 11.3 Å². The van der Waals surface area contributed by atoms with Gasteiger partial charge in [-0.1, -0.05) is 29.8 Å². The minimum Gasteiger partial charge on any atom is -0.396 e. The van der Waals surface area contributed by atoms with E-state index >= 15 is 0 Å². The van der Waals surface area contributed by atoms with E-state index in [1.54, 1.807) is 37.3 Å². The van der Waals surface area contributed by atoms with Gasteiger partial charge in [-0.25, -0.2) is 9.37 Å². The highest BCUT2D eigenvalue weighted by atomic mass is 35.5. The van der Waals surface area contributed by atoms with Gasteiger partial charge in [0, 0.05) is 40.6 Å². The molecule has 0 saturated heterocycles. The largest absolute Gasteiger partial charge is 0.396 e. The maximum absolute atomic E-state index is 13.4. The average Bonchev–Trinajstić information content (AvgIpc) is 2.67. The van der Waals surface area contributed by atoms with E-state index < -0.39 is 17.3 Å². The minimum atomic E-state index is -0.512. The molecule has 1 heterocycles. The van der Waals surface area contributed by atoms with E-state index in [1.807, 2.05) is 0 Å². The Morgan fingerprint density at radius 2 is 2.00 bits per heavy atom. The highest BCUT2D eigenvalue weighted by Crippen LogP contribution is 2.21. The first-order chi connectivity index (χ1) is 13.9. The number of nitrogens with zero attached hydrogens (tertiary/aromatic N) is 2. The fourth-order valence-corrected chi connectivity index (χ4v) is 3.20. The predicted octanol–water partition coefficient (Wildman–Crippen LogP) is 3.18. The molecule has 0 fully saturated rings. The quantitative estimate of drug-likeness (QED) is 0.647. The number of hydrogen-bond acceptors (Lipinski definition) is 4. The molecule has 0 aliphatic heterocycles. The van der Waals surface area contributed by atoms with Crippen LogP contribution >= 0.6 is 11.6 Å². The molecule has 0 atom stereocenters. The van der Waals surface area contributed by atoms with E-state index in [4.69, 9.17) is 11.6 Å². The number of halogens is 2. The molecule has 0 radical (unpaired) electrons. The van der Waals surface area contributed by atoms with Gasteiger partial charge >= 0.3 is 0 Å². The lowest BCUT2D eigenvalue weighted by Crippen LogP contribution is -2.33. The first kappa shape index (κ1) is 20.7. The first-order valence-corrected chi connectivity index (χ1v) is 9.29. The molecule has 2 N–H and O–H groups in total. The van der Waals surface area contributed by atoms with E-state index in [0.29, 0.717) is 21.8 Å². The van der Waals surface area contributed by atoms with Crippen molar-refractivity contribution in [3.63, 3.8) is 0 Å². The van der Waals surface area contributed by atoms with Crippen LogP contribution in [0.25, 0.3) is 11.4 Å². The van der Waals surface area contributed by atoms with Crippen LogP contribution in [0.3, 0.4) is 0 Å². The zero-order valence-electron chi connectivity index (χ0n) is 15.7. The van der Waals surface area contributed by atoms with Gasteiger partial charge in [0.2, 0.25) is 5.91 Å². The molecule has 0 aliphatic carbocycles. The predicted molar refractivity (Wildman–Crippen MR) is 109 cm³/mol. The number of aromatic nitrogens is 2. The van der Waals surface area contributed by atoms with E-state index in [9.17, 15) is 19.1 Å². The highest BCUT2D eigenvalue weighted by Gasteiger charge is 2.18. The Labute approximate surface area is 171 Å². The first-order valence-electron chi connectivity index (χ1n) is 8.91. The molecule has 29 heavy (non-hydrogen) atoms. The Balaban J connectivity index is 2.03. The lowest BCUT2D eigenvalue weighted by Gasteiger charge is -2.16. The molecule has 150 valence electrons. The van der Waals surface area contributed by atoms with Crippen molar-refractivity contribution in [2.45, 2.75) is 19.9 Å². The number of aliphatic hydroxyl groups excluding tert-OH is 1. The van der Waals surface area contributed by atoms with Gasteiger partial charge in [-0.2, -0.15) is 0 Å². The van der Waals surface area contributed by atoms with Crippen LogP contribution in [-0.4, -0.2) is 27.2 Å². The summed E-state index contributed by atoms with van der Waals surface area (Å²) in [6.45, 7) is 1.13. The number of nitrogens with one attached hydrogen (secondary N) is 1. The van der Waals surface area contributed by atoms with Crippen molar-refractivity contribution in [1.29, 1.82) is 0 Å². The van der Waals surface area contributed by atoms with Gasteiger partial charge in [-0.3, -0.25) is 14.2 Å². The van der Waals surface area contributed by atoms with Crippen LogP contribution < -0.4 is 10.9 Å². The van der Waals surface area contributed by atoms with E-state index in [2.05, 4.69) is 10.3 Å². The molecular formula is C21H19ClFN3O3. The van der Waals surface area contributed by atoms with Crippen LogP contribution in [0.4, 0.5) is 10.1 Å². The number of hydrogen-bond donors (Lipinski definition) is 2. The van der Waals surface area contributed by atoms with Gasteiger partial charge in [0.1, 0.15) is 18.2 Å². The molecule has 2 aromatic carbocycles. The van der Waals surface area contributed by atoms with Gasteiger partial charge in [-0.15, -0.1) is 0 Å². The van der Waals surface area contributed by atoms with Gasteiger partial charge < -0.3 is 10.4 Å². The smallest absolute Gasteiger partial charge is 0.257 e. The van der Waals surface area contributed by atoms with Crippen LogP contribution in [0.15, 0.2) is 53.3 Å². The van der Waals surface area contributed by atoms with Crippen molar-refractivity contribution in [3.8, 4) is 11.4 Å². The summed E-state index contributed by atoms with van der Waals surface area (Å²) in [6, 6.07) is 12.3. The maximum Gasteiger partial charge on any atom is 0.257 e. The van der Waals surface area contributed by atoms with Crippen molar-refractivity contribution in [2.24, 2.45) is 0 Å². The Morgan fingerprint density at radius 1 is 1.24 bits per heavy atom. The summed E-state index contributed by atoms with van der Waals surface area (Å²) >= 11 is 6.07. The molecule has 0 bridgehead atoms. The van der Waals surface area contributed by atoms with Crippen LogP contribution in [-0.2, 0) is 17.8 Å². The van der Waals surface area contributed by atoms with Crippen molar-refractivity contribution in [3.05, 3.63) is 81.0 Å². The minimum absolute atomic E-state index is 0.124. The summed E-state index contributed by atoms with van der Waals surface area (Å²) < 4.78 is 14.6. The third-order valence-electron chi connectivity index (χ3n) is 4.32. The maximum atomic E-state index is 13.4. The fourth-order valence-electron chi connectivity index (χ4n) is 3.01. The molecule has 3 aromatic rings. The average molecular weight is 416 g/mol. The molecule has 1 aromatic heterocycles. The zero-order chi connectivity index (χ0) is 21.0. The summed E-state index contributed by atoms with van der Waals surface area (Å²) in [7, 11) is 0. The Bertz CT molecular complexity index is 1110. The molecule has 8 heteroatoms. The van der Waals surface area contributed by atoms with Crippen LogP contribution in [0.2, 0.25) is 5.02 Å². The van der Waals surface area contributed by atoms with Gasteiger partial charge in [0.25, 0.3) is 5.56 Å². The SMILES string of the molecule is Cc1nc(-c2cccc(Cl)c2)n(CC(=O)Nc2cccc(F)c2)c(=O)c1CCO. The van der Waals surface area contributed by atoms with Crippen molar-refractivity contribution < 1.29 is 14.3 Å². The lowest BCUT2D eigenvalue weighted by atomic mass is 10.1. The van der Waals surface area contributed by atoms with Gasteiger partial charge in [0.15, 0.2) is 0 Å². The molecule has 3 rings (SSSR count). The number of carbonyl (C=O) groups is 1. The van der Waals surface area contributed by atoms with Crippen molar-refractivity contribution in [1.82, 2.24) is 9.55 Å². The number of amides is 1. The molecule has 0 unspecified atom stereocenters. The van der Waals surface area contributed by atoms with Crippen LogP contribution in [0, 0.1) is 12.7 Å². The fraction of sp³-hybridized carbons (Fsp3) is 0.190. The summed E-state index contributed by atoms with van der Waals surface area (Å²) in [5.41, 5.74) is 1.24. The second-order valence-corrected chi connectivity index (χ2v) is 6.87. The molecule has 0 aliphatic rings. The van der Waals surface area contributed by atoms with Crippen molar-refractivity contribution in [2.75, 3.05) is 11.9 Å². The number of aryl methyl sites for hydroxylation is 1. The van der Waals surface area contributed by atoms with E-state index in [0.717, 1.165) is 0 Å². The molecule has 0 saturated carbocycles. The molecule has 6 nitrogen and oxygen atoms in total. The number of aliphatic hydroxyl groups is 1. The number of anilines is 1. The highest BCUT2D eigenvalue weighted by molar-refractivity contribution is 6.30. The molecule has 0 spiro atoms. The van der Waals surface area contributed by atoms with Gasteiger partial charge in [-0.05, 0) is 37.3 Å². The van der Waals surface area contributed by atoms with E-state index in [1.165, 1.54) is 22.8 Å². The molecular weight excluding hydrogens is 397 g/mol. The second kappa shape index (κ2) is 8.98. The van der Waals surface area contributed by atoms with Crippen LogP contribution in [0.5, 0.6) is 0 Å². The number of carbonyl (C=O) groups excluding carboxylic acids is 1. The zero-order valence-corrected chi connectivity index (χ0v) is 16.4. The van der Waals surface area contributed by atoms with Gasteiger partial charge in [0.05, 0.1) is 0 Å². The summed E-state index contributed by atoms with van der Waals surface area (Å²) in [4.78, 5) is 30.1. The normalized spacial score (nSPS) is 10.8. The summed E-state index contributed by atoms with van der Waals surface area (Å²) in [6.07, 6.45) is 0.124. The standard InChI is InChI=1S/C21H19ClFN3O3/c1-13-18(8-9-27)21(29)26(20(24-13)14-4-2-5-15(22)10-14)12-19(28)25-17-7-3-6-16(23)11-17/h2-7,10-11,27H,8-9,12H2,1H3,(H,25,28). The number of rotatable bonds is 6. The van der Waals surface area contributed by atoms with Crippen molar-refractivity contribution >= 4 is 23.2 Å². The number of benzene rings is 2. The Hall–Kier alpha value is -3.03. The Kier molecular flexibility index (Phi) is 6.41. The lowest BCUT2D eigenvalue weighted by molar-refractivity contribution is -0.116. The Morgan fingerprint density at radius 3 is 2.69 bits per heavy atom. The monoisotopic (exact) mass is 415 g/mol.